The van der Waals surface area contributed by atoms with E-state index in [1.165, 1.54) is 5.56 Å². The molecule has 0 bridgehead atoms. The summed E-state index contributed by atoms with van der Waals surface area (Å²) >= 11 is 0. The summed E-state index contributed by atoms with van der Waals surface area (Å²) in [4.78, 5) is 15.9. The molecule has 1 unspecified atom stereocenters. The first-order valence-electron chi connectivity index (χ1n) is 8.01. The third kappa shape index (κ3) is 3.36. The first-order chi connectivity index (χ1) is 11.6. The van der Waals surface area contributed by atoms with Gasteiger partial charge in [0.1, 0.15) is 11.5 Å². The van der Waals surface area contributed by atoms with Crippen LogP contribution in [0.2, 0.25) is 0 Å². The minimum atomic E-state index is -0.221. The number of furan rings is 1. The molecular weight excluding hydrogens is 304 g/mol. The Balaban J connectivity index is 1.83. The zero-order chi connectivity index (χ0) is 17.1. The molecule has 24 heavy (non-hydrogen) atoms. The molecule has 5 nitrogen and oxygen atoms in total. The molecule has 0 spiro atoms. The van der Waals surface area contributed by atoms with Crippen molar-refractivity contribution in [1.29, 1.82) is 0 Å². The van der Waals surface area contributed by atoms with E-state index in [1.807, 2.05) is 31.2 Å². The number of rotatable bonds is 6. The molecular formula is C19H22N2O3. The van der Waals surface area contributed by atoms with E-state index in [2.05, 4.69) is 23.3 Å². The van der Waals surface area contributed by atoms with Crippen LogP contribution in [0.4, 0.5) is 0 Å². The Kier molecular flexibility index (Phi) is 4.71. The van der Waals surface area contributed by atoms with Crippen molar-refractivity contribution in [2.45, 2.75) is 26.3 Å². The van der Waals surface area contributed by atoms with Crippen molar-refractivity contribution in [1.82, 2.24) is 10.3 Å². The number of carbonyl (C=O) groups is 1. The topological polar surface area (TPSA) is 67.3 Å². The van der Waals surface area contributed by atoms with Crippen LogP contribution >= 0.6 is 0 Å². The summed E-state index contributed by atoms with van der Waals surface area (Å²) in [5, 5.41) is 4.09. The molecule has 0 fully saturated rings. The van der Waals surface area contributed by atoms with Gasteiger partial charge < -0.3 is 19.5 Å². The number of nitrogens with one attached hydrogen (secondary N) is 2. The van der Waals surface area contributed by atoms with Gasteiger partial charge in [-0.2, -0.15) is 0 Å². The molecule has 0 aliphatic carbocycles. The highest BCUT2D eigenvalue weighted by molar-refractivity contribution is 5.99. The largest absolute Gasteiger partial charge is 0.467 e. The fourth-order valence-corrected chi connectivity index (χ4v) is 2.97. The smallest absolute Gasteiger partial charge is 0.268 e. The lowest BCUT2D eigenvalue weighted by atomic mass is 10.1. The van der Waals surface area contributed by atoms with Gasteiger partial charge in [0.15, 0.2) is 0 Å². The second-order valence-electron chi connectivity index (χ2n) is 6.05. The van der Waals surface area contributed by atoms with E-state index in [1.54, 1.807) is 13.4 Å². The number of carbonyl (C=O) groups excluding carboxylic acids is 1. The molecule has 2 aromatic heterocycles. The van der Waals surface area contributed by atoms with Gasteiger partial charge in [0.05, 0.1) is 12.3 Å². The predicted octanol–water partition coefficient (Wildman–Crippen LogP) is 3.89. The minimum absolute atomic E-state index is 0.152. The van der Waals surface area contributed by atoms with Crippen LogP contribution in [-0.4, -0.2) is 24.6 Å². The number of amides is 1. The maximum absolute atomic E-state index is 12.7. The number of hydrogen-bond donors (Lipinski definition) is 2. The summed E-state index contributed by atoms with van der Waals surface area (Å²) in [6.07, 6.45) is 2.25. The number of fused-ring (bicyclic) bond motifs is 1. The van der Waals surface area contributed by atoms with E-state index in [-0.39, 0.29) is 11.9 Å². The number of hydrogen-bond acceptors (Lipinski definition) is 3. The Morgan fingerprint density at radius 1 is 1.33 bits per heavy atom. The standard InChI is InChI=1S/C19H22N2O3/c1-12-9-13(2)14-11-17(20-16(14)10-12)19(22)21-15(6-8-23-3)18-5-4-7-24-18/h4-5,7,9-11,15,20H,6,8H2,1-3H3,(H,21,22). The molecule has 3 rings (SSSR count). The van der Waals surface area contributed by atoms with Crippen molar-refractivity contribution in [2.75, 3.05) is 13.7 Å². The second-order valence-corrected chi connectivity index (χ2v) is 6.05. The average molecular weight is 326 g/mol. The Bertz CT molecular complexity index is 834. The van der Waals surface area contributed by atoms with Crippen LogP contribution < -0.4 is 5.32 Å². The molecule has 0 saturated carbocycles. The summed E-state index contributed by atoms with van der Waals surface area (Å²) in [7, 11) is 1.64. The third-order valence-electron chi connectivity index (χ3n) is 4.14. The molecule has 0 aliphatic rings. The van der Waals surface area contributed by atoms with Crippen molar-refractivity contribution in [3.8, 4) is 0 Å². The van der Waals surface area contributed by atoms with Crippen LogP contribution in [0.1, 0.15) is 39.8 Å². The summed E-state index contributed by atoms with van der Waals surface area (Å²) < 4.78 is 10.6. The van der Waals surface area contributed by atoms with Gasteiger partial charge in [-0.15, -0.1) is 0 Å². The van der Waals surface area contributed by atoms with Crippen LogP contribution in [0.3, 0.4) is 0 Å². The van der Waals surface area contributed by atoms with Crippen molar-refractivity contribution < 1.29 is 13.9 Å². The van der Waals surface area contributed by atoms with Crippen molar-refractivity contribution in [2.24, 2.45) is 0 Å². The molecule has 1 amide bonds. The Hall–Kier alpha value is -2.53. The second kappa shape index (κ2) is 6.93. The summed E-state index contributed by atoms with van der Waals surface area (Å²) in [6, 6.07) is 9.52. The van der Waals surface area contributed by atoms with Crippen LogP contribution in [0.5, 0.6) is 0 Å². The van der Waals surface area contributed by atoms with Gasteiger partial charge in [0.2, 0.25) is 0 Å². The zero-order valence-corrected chi connectivity index (χ0v) is 14.2. The highest BCUT2D eigenvalue weighted by Gasteiger charge is 2.19. The maximum atomic E-state index is 12.7. The summed E-state index contributed by atoms with van der Waals surface area (Å²) in [5.74, 6) is 0.573. The minimum Gasteiger partial charge on any atom is -0.467 e. The highest BCUT2D eigenvalue weighted by atomic mass is 16.5. The van der Waals surface area contributed by atoms with Gasteiger partial charge >= 0.3 is 0 Å². The molecule has 0 radical (unpaired) electrons. The van der Waals surface area contributed by atoms with Gasteiger partial charge in [-0.3, -0.25) is 4.79 Å². The Morgan fingerprint density at radius 3 is 2.88 bits per heavy atom. The molecule has 0 saturated heterocycles. The molecule has 2 heterocycles. The number of ether oxygens (including phenoxy) is 1. The maximum Gasteiger partial charge on any atom is 0.268 e. The van der Waals surface area contributed by atoms with Gasteiger partial charge in [0, 0.05) is 24.6 Å². The van der Waals surface area contributed by atoms with E-state index in [4.69, 9.17) is 9.15 Å². The van der Waals surface area contributed by atoms with E-state index in [0.29, 0.717) is 18.7 Å². The molecule has 0 aliphatic heterocycles. The lowest BCUT2D eigenvalue weighted by Crippen LogP contribution is -2.29. The van der Waals surface area contributed by atoms with Gasteiger partial charge in [-0.05, 0) is 55.7 Å². The lowest BCUT2D eigenvalue weighted by molar-refractivity contribution is 0.0913. The number of benzene rings is 1. The SMILES string of the molecule is COCCC(NC(=O)c1cc2c(C)cc(C)cc2[nH]1)c1ccco1. The highest BCUT2D eigenvalue weighted by Crippen LogP contribution is 2.23. The summed E-state index contributed by atoms with van der Waals surface area (Å²) in [5.41, 5.74) is 3.85. The van der Waals surface area contributed by atoms with Crippen LogP contribution in [0.15, 0.2) is 41.0 Å². The third-order valence-corrected chi connectivity index (χ3v) is 4.14. The fraction of sp³-hybridized carbons (Fsp3) is 0.316. The van der Waals surface area contributed by atoms with Crippen molar-refractivity contribution >= 4 is 16.8 Å². The van der Waals surface area contributed by atoms with E-state index in [0.717, 1.165) is 22.2 Å². The quantitative estimate of drug-likeness (QED) is 0.722. The number of aromatic amines is 1. The lowest BCUT2D eigenvalue weighted by Gasteiger charge is -2.15. The van der Waals surface area contributed by atoms with Crippen molar-refractivity contribution in [3.63, 3.8) is 0 Å². The number of methoxy groups -OCH3 is 1. The zero-order valence-electron chi connectivity index (χ0n) is 14.2. The Labute approximate surface area is 141 Å². The molecule has 1 atom stereocenters. The van der Waals surface area contributed by atoms with Crippen LogP contribution in [0.25, 0.3) is 10.9 Å². The van der Waals surface area contributed by atoms with Gasteiger partial charge in [-0.25, -0.2) is 0 Å². The van der Waals surface area contributed by atoms with E-state index >= 15 is 0 Å². The number of aryl methyl sites for hydroxylation is 2. The summed E-state index contributed by atoms with van der Waals surface area (Å²) in [6.45, 7) is 4.64. The van der Waals surface area contributed by atoms with E-state index < -0.39 is 0 Å². The fourth-order valence-electron chi connectivity index (χ4n) is 2.97. The molecule has 1 aromatic carbocycles. The Morgan fingerprint density at radius 2 is 2.17 bits per heavy atom. The normalized spacial score (nSPS) is 12.5. The molecule has 3 aromatic rings. The predicted molar refractivity (Wildman–Crippen MR) is 93.2 cm³/mol. The van der Waals surface area contributed by atoms with E-state index in [9.17, 15) is 4.79 Å². The first kappa shape index (κ1) is 16.3. The van der Waals surface area contributed by atoms with Crippen molar-refractivity contribution in [3.05, 3.63) is 59.2 Å². The number of aromatic nitrogens is 1. The average Bonchev–Trinajstić information content (AvgIpc) is 3.20. The van der Waals surface area contributed by atoms with Gasteiger partial charge in [-0.1, -0.05) is 6.07 Å². The molecule has 5 heteroatoms. The van der Waals surface area contributed by atoms with Crippen LogP contribution in [0, 0.1) is 13.8 Å². The van der Waals surface area contributed by atoms with Crippen LogP contribution in [-0.2, 0) is 4.74 Å². The number of H-pyrrole nitrogens is 1. The molecule has 2 N–H and O–H groups in total. The monoisotopic (exact) mass is 326 g/mol. The molecule has 126 valence electrons. The van der Waals surface area contributed by atoms with Gasteiger partial charge in [0.25, 0.3) is 5.91 Å². The first-order valence-corrected chi connectivity index (χ1v) is 8.01.